The van der Waals surface area contributed by atoms with Crippen LogP contribution in [0.4, 0.5) is 5.69 Å². The van der Waals surface area contributed by atoms with Crippen LogP contribution in [-0.2, 0) is 5.41 Å². The Morgan fingerprint density at radius 2 is 2.15 bits per heavy atom. The molecule has 0 heterocycles. The van der Waals surface area contributed by atoms with Crippen LogP contribution in [0, 0.1) is 18.3 Å². The van der Waals surface area contributed by atoms with Crippen molar-refractivity contribution in [1.82, 2.24) is 0 Å². The first-order valence-corrected chi connectivity index (χ1v) is 4.46. The first kappa shape index (κ1) is 8.12. The Morgan fingerprint density at radius 1 is 1.46 bits per heavy atom. The van der Waals surface area contributed by atoms with Crippen molar-refractivity contribution in [2.75, 3.05) is 5.73 Å². The van der Waals surface area contributed by atoms with Crippen molar-refractivity contribution in [2.45, 2.75) is 25.2 Å². The van der Waals surface area contributed by atoms with Crippen LogP contribution in [-0.4, -0.2) is 0 Å². The van der Waals surface area contributed by atoms with E-state index < -0.39 is 0 Å². The molecule has 2 heteroatoms. The lowest BCUT2D eigenvalue weighted by atomic mass is 9.96. The van der Waals surface area contributed by atoms with E-state index in [0.29, 0.717) is 0 Å². The highest BCUT2D eigenvalue weighted by molar-refractivity contribution is 5.53. The zero-order chi connectivity index (χ0) is 9.47. The molecule has 66 valence electrons. The molecule has 0 amide bonds. The minimum absolute atomic E-state index is 0.207. The molecule has 0 aromatic heterocycles. The molecule has 0 saturated heterocycles. The van der Waals surface area contributed by atoms with Gasteiger partial charge in [-0.05, 0) is 37.0 Å². The molecule has 1 fully saturated rings. The molecule has 0 unspecified atom stereocenters. The minimum Gasteiger partial charge on any atom is -0.399 e. The number of nitrogens with zero attached hydrogens (tertiary/aromatic N) is 1. The maximum absolute atomic E-state index is 8.98. The van der Waals surface area contributed by atoms with Crippen molar-refractivity contribution >= 4 is 5.69 Å². The van der Waals surface area contributed by atoms with Crippen molar-refractivity contribution < 1.29 is 0 Å². The number of nitrogen functional groups attached to an aromatic ring is 1. The summed E-state index contributed by atoms with van der Waals surface area (Å²) in [5.41, 5.74) is 8.54. The van der Waals surface area contributed by atoms with Gasteiger partial charge in [-0.3, -0.25) is 0 Å². The summed E-state index contributed by atoms with van der Waals surface area (Å²) >= 11 is 0. The summed E-state index contributed by atoms with van der Waals surface area (Å²) < 4.78 is 0. The molecular formula is C11H12N2. The molecular weight excluding hydrogens is 160 g/mol. The topological polar surface area (TPSA) is 49.8 Å². The number of aryl methyl sites for hydroxylation is 1. The SMILES string of the molecule is Cc1ccc(C2(C#N)CC2)cc1N. The number of hydrogen-bond donors (Lipinski definition) is 1. The lowest BCUT2D eigenvalue weighted by molar-refractivity contribution is 0.908. The van der Waals surface area contributed by atoms with Gasteiger partial charge in [-0.25, -0.2) is 0 Å². The molecule has 2 N–H and O–H groups in total. The molecule has 1 aromatic rings. The summed E-state index contributed by atoms with van der Waals surface area (Å²) in [5, 5.41) is 8.98. The molecule has 1 aliphatic carbocycles. The molecule has 1 aliphatic rings. The summed E-state index contributed by atoms with van der Waals surface area (Å²) in [5.74, 6) is 0. The van der Waals surface area contributed by atoms with E-state index in [-0.39, 0.29) is 5.41 Å². The molecule has 0 atom stereocenters. The van der Waals surface area contributed by atoms with Gasteiger partial charge >= 0.3 is 0 Å². The van der Waals surface area contributed by atoms with Gasteiger partial charge in [0.15, 0.2) is 0 Å². The van der Waals surface area contributed by atoms with Crippen LogP contribution in [0.3, 0.4) is 0 Å². The third-order valence-corrected chi connectivity index (χ3v) is 2.80. The quantitative estimate of drug-likeness (QED) is 0.660. The predicted octanol–water partition coefficient (Wildman–Crippen LogP) is 2.13. The zero-order valence-corrected chi connectivity index (χ0v) is 7.67. The van der Waals surface area contributed by atoms with E-state index >= 15 is 0 Å². The first-order valence-electron chi connectivity index (χ1n) is 4.46. The summed E-state index contributed by atoms with van der Waals surface area (Å²) in [4.78, 5) is 0. The van der Waals surface area contributed by atoms with Crippen LogP contribution in [0.5, 0.6) is 0 Å². The predicted molar refractivity (Wildman–Crippen MR) is 52.1 cm³/mol. The van der Waals surface area contributed by atoms with Crippen molar-refractivity contribution in [3.63, 3.8) is 0 Å². The van der Waals surface area contributed by atoms with Crippen LogP contribution in [0.1, 0.15) is 24.0 Å². The van der Waals surface area contributed by atoms with Crippen molar-refractivity contribution in [3.8, 4) is 6.07 Å². The number of hydrogen-bond acceptors (Lipinski definition) is 2. The van der Waals surface area contributed by atoms with Gasteiger partial charge in [0, 0.05) is 5.69 Å². The fourth-order valence-electron chi connectivity index (χ4n) is 1.53. The fraction of sp³-hybridized carbons (Fsp3) is 0.364. The van der Waals surface area contributed by atoms with Gasteiger partial charge in [0.05, 0.1) is 11.5 Å². The molecule has 13 heavy (non-hydrogen) atoms. The summed E-state index contributed by atoms with van der Waals surface area (Å²) in [6.07, 6.45) is 1.96. The second-order valence-electron chi connectivity index (χ2n) is 3.77. The second-order valence-corrected chi connectivity index (χ2v) is 3.77. The number of rotatable bonds is 1. The van der Waals surface area contributed by atoms with E-state index in [1.54, 1.807) is 0 Å². The number of nitriles is 1. The highest BCUT2D eigenvalue weighted by Gasteiger charge is 2.44. The summed E-state index contributed by atoms with van der Waals surface area (Å²) in [7, 11) is 0. The molecule has 0 radical (unpaired) electrons. The Kier molecular flexibility index (Phi) is 1.56. The van der Waals surface area contributed by atoms with Crippen molar-refractivity contribution in [3.05, 3.63) is 29.3 Å². The van der Waals surface area contributed by atoms with E-state index in [2.05, 4.69) is 6.07 Å². The van der Waals surface area contributed by atoms with Gasteiger partial charge in [0.2, 0.25) is 0 Å². The van der Waals surface area contributed by atoms with E-state index in [1.807, 2.05) is 25.1 Å². The maximum atomic E-state index is 8.98. The van der Waals surface area contributed by atoms with Crippen molar-refractivity contribution in [2.24, 2.45) is 0 Å². The second kappa shape index (κ2) is 2.50. The van der Waals surface area contributed by atoms with Crippen molar-refractivity contribution in [1.29, 1.82) is 5.26 Å². The van der Waals surface area contributed by atoms with E-state index in [9.17, 15) is 0 Å². The third kappa shape index (κ3) is 1.17. The molecule has 0 spiro atoms. The largest absolute Gasteiger partial charge is 0.399 e. The first-order chi connectivity index (χ1) is 6.18. The van der Waals surface area contributed by atoms with Gasteiger partial charge in [0.25, 0.3) is 0 Å². The molecule has 2 rings (SSSR count). The highest BCUT2D eigenvalue weighted by atomic mass is 14.6. The third-order valence-electron chi connectivity index (χ3n) is 2.80. The molecule has 1 saturated carbocycles. The fourth-order valence-corrected chi connectivity index (χ4v) is 1.53. The van der Waals surface area contributed by atoms with Gasteiger partial charge in [-0.2, -0.15) is 5.26 Å². The Morgan fingerprint density at radius 3 is 2.62 bits per heavy atom. The normalized spacial score (nSPS) is 17.8. The summed E-state index contributed by atoms with van der Waals surface area (Å²) in [6.45, 7) is 1.98. The highest BCUT2D eigenvalue weighted by Crippen LogP contribution is 2.47. The average molecular weight is 172 g/mol. The number of nitrogens with two attached hydrogens (primary N) is 1. The Hall–Kier alpha value is -1.49. The van der Waals surface area contributed by atoms with Gasteiger partial charge < -0.3 is 5.73 Å². The minimum atomic E-state index is -0.207. The van der Waals surface area contributed by atoms with E-state index in [1.165, 1.54) is 0 Å². The number of benzene rings is 1. The molecule has 2 nitrogen and oxygen atoms in total. The molecule has 0 bridgehead atoms. The van der Waals surface area contributed by atoms with Crippen LogP contribution in [0.25, 0.3) is 0 Å². The Bertz CT molecular complexity index is 384. The van der Waals surface area contributed by atoms with Gasteiger partial charge in [-0.15, -0.1) is 0 Å². The van der Waals surface area contributed by atoms with E-state index in [0.717, 1.165) is 29.7 Å². The van der Waals surface area contributed by atoms with Crippen LogP contribution in [0.2, 0.25) is 0 Å². The van der Waals surface area contributed by atoms with Gasteiger partial charge in [-0.1, -0.05) is 12.1 Å². The zero-order valence-electron chi connectivity index (χ0n) is 7.67. The summed E-state index contributed by atoms with van der Waals surface area (Å²) in [6, 6.07) is 8.30. The van der Waals surface area contributed by atoms with E-state index in [4.69, 9.17) is 11.0 Å². The number of anilines is 1. The smallest absolute Gasteiger partial charge is 0.0824 e. The monoisotopic (exact) mass is 172 g/mol. The lowest BCUT2D eigenvalue weighted by Gasteiger charge is -2.08. The van der Waals surface area contributed by atoms with Crippen LogP contribution < -0.4 is 5.73 Å². The lowest BCUT2D eigenvalue weighted by Crippen LogP contribution is -2.03. The molecule has 1 aromatic carbocycles. The Balaban J connectivity index is 2.44. The van der Waals surface area contributed by atoms with Gasteiger partial charge in [0.1, 0.15) is 0 Å². The maximum Gasteiger partial charge on any atom is 0.0824 e. The van der Waals surface area contributed by atoms with Crippen LogP contribution in [0.15, 0.2) is 18.2 Å². The Labute approximate surface area is 78.0 Å². The standard InChI is InChI=1S/C11H12N2/c1-8-2-3-9(6-10(8)13)11(7-12)4-5-11/h2-3,6H,4-5,13H2,1H3. The van der Waals surface area contributed by atoms with Crippen LogP contribution >= 0.6 is 0 Å². The molecule has 0 aliphatic heterocycles. The average Bonchev–Trinajstić information content (AvgIpc) is 2.90.